The molecule has 3 heteroatoms. The lowest BCUT2D eigenvalue weighted by atomic mass is 9.95. The average molecular weight is 243 g/mol. The molecule has 1 unspecified atom stereocenters. The molecule has 0 aliphatic heterocycles. The largest absolute Gasteiger partial charge is 0.392 e. The Labute approximate surface area is 100 Å². The molecule has 16 heavy (non-hydrogen) atoms. The van der Waals surface area contributed by atoms with Gasteiger partial charge in [0.15, 0.2) is 0 Å². The molecule has 0 radical (unpaired) electrons. The minimum atomic E-state index is -0.435. The van der Waals surface area contributed by atoms with Crippen LogP contribution in [0, 0.1) is 11.7 Å². The molecule has 1 atom stereocenters. The fourth-order valence-electron chi connectivity index (χ4n) is 2.43. The van der Waals surface area contributed by atoms with Crippen molar-refractivity contribution in [1.29, 1.82) is 0 Å². The van der Waals surface area contributed by atoms with Crippen molar-refractivity contribution >= 4 is 11.6 Å². The number of hydrogen-bond donors (Lipinski definition) is 1. The Morgan fingerprint density at radius 1 is 1.38 bits per heavy atom. The van der Waals surface area contributed by atoms with Crippen molar-refractivity contribution in [2.45, 2.75) is 38.2 Å². The lowest BCUT2D eigenvalue weighted by Gasteiger charge is -2.17. The Kier molecular flexibility index (Phi) is 3.82. The first kappa shape index (κ1) is 11.9. The molecule has 1 N–H and O–H groups in total. The maximum absolute atomic E-state index is 13.4. The SMILES string of the molecule is OC(Cc1cc(Cl)ccc1F)C1CCCC1. The zero-order valence-electron chi connectivity index (χ0n) is 9.13. The molecular formula is C13H16ClFO. The first-order valence-corrected chi connectivity index (χ1v) is 6.16. The van der Waals surface area contributed by atoms with Crippen molar-refractivity contribution in [2.75, 3.05) is 0 Å². The maximum Gasteiger partial charge on any atom is 0.126 e. The zero-order chi connectivity index (χ0) is 11.5. The lowest BCUT2D eigenvalue weighted by Crippen LogP contribution is -2.20. The molecular weight excluding hydrogens is 227 g/mol. The second kappa shape index (κ2) is 5.15. The summed E-state index contributed by atoms with van der Waals surface area (Å²) in [6.45, 7) is 0. The van der Waals surface area contributed by atoms with Crippen LogP contribution in [-0.4, -0.2) is 11.2 Å². The molecule has 0 heterocycles. The van der Waals surface area contributed by atoms with E-state index in [1.165, 1.54) is 25.0 Å². The third-order valence-corrected chi connectivity index (χ3v) is 3.62. The van der Waals surface area contributed by atoms with Gasteiger partial charge in [0.1, 0.15) is 5.82 Å². The first-order valence-electron chi connectivity index (χ1n) is 5.79. The van der Waals surface area contributed by atoms with E-state index in [1.807, 2.05) is 0 Å². The molecule has 0 spiro atoms. The molecule has 0 saturated heterocycles. The highest BCUT2D eigenvalue weighted by Gasteiger charge is 2.24. The van der Waals surface area contributed by atoms with Crippen LogP contribution in [0.2, 0.25) is 5.02 Å². The topological polar surface area (TPSA) is 20.2 Å². The molecule has 0 bridgehead atoms. The van der Waals surface area contributed by atoms with Crippen molar-refractivity contribution in [3.05, 3.63) is 34.6 Å². The van der Waals surface area contributed by atoms with Gasteiger partial charge in [0.2, 0.25) is 0 Å². The Hall–Kier alpha value is -0.600. The minimum absolute atomic E-state index is 0.276. The van der Waals surface area contributed by atoms with E-state index in [9.17, 15) is 9.50 Å². The summed E-state index contributed by atoms with van der Waals surface area (Å²) in [7, 11) is 0. The van der Waals surface area contributed by atoms with E-state index in [-0.39, 0.29) is 5.82 Å². The van der Waals surface area contributed by atoms with Crippen LogP contribution < -0.4 is 0 Å². The zero-order valence-corrected chi connectivity index (χ0v) is 9.88. The molecule has 88 valence electrons. The number of aliphatic hydroxyl groups excluding tert-OH is 1. The number of aliphatic hydroxyl groups is 1. The van der Waals surface area contributed by atoms with Gasteiger partial charge in [0, 0.05) is 11.4 Å². The number of benzene rings is 1. The van der Waals surface area contributed by atoms with Gasteiger partial charge in [-0.05, 0) is 42.5 Å². The van der Waals surface area contributed by atoms with E-state index in [1.54, 1.807) is 6.07 Å². The van der Waals surface area contributed by atoms with Crippen molar-refractivity contribution in [3.8, 4) is 0 Å². The van der Waals surface area contributed by atoms with Crippen molar-refractivity contribution < 1.29 is 9.50 Å². The van der Waals surface area contributed by atoms with Crippen molar-refractivity contribution in [2.24, 2.45) is 5.92 Å². The van der Waals surface area contributed by atoms with Gasteiger partial charge in [-0.3, -0.25) is 0 Å². The molecule has 1 aromatic rings. The molecule has 2 rings (SSSR count). The molecule has 1 aliphatic rings. The summed E-state index contributed by atoms with van der Waals surface area (Å²) in [6.07, 6.45) is 4.42. The second-order valence-corrected chi connectivity index (χ2v) is 4.99. The Balaban J connectivity index is 2.04. The van der Waals surface area contributed by atoms with Gasteiger partial charge < -0.3 is 5.11 Å². The van der Waals surface area contributed by atoms with Gasteiger partial charge in [-0.1, -0.05) is 24.4 Å². The first-order chi connectivity index (χ1) is 7.66. The predicted molar refractivity (Wildman–Crippen MR) is 63.1 cm³/mol. The number of hydrogen-bond acceptors (Lipinski definition) is 1. The quantitative estimate of drug-likeness (QED) is 0.859. The fourth-order valence-corrected chi connectivity index (χ4v) is 2.63. The Bertz CT molecular complexity index is 361. The van der Waals surface area contributed by atoms with Gasteiger partial charge in [-0.15, -0.1) is 0 Å². The molecule has 1 fully saturated rings. The summed E-state index contributed by atoms with van der Waals surface area (Å²) in [5.41, 5.74) is 0.520. The van der Waals surface area contributed by atoms with Gasteiger partial charge >= 0.3 is 0 Å². The van der Waals surface area contributed by atoms with Crippen molar-refractivity contribution in [1.82, 2.24) is 0 Å². The highest BCUT2D eigenvalue weighted by atomic mass is 35.5. The third kappa shape index (κ3) is 2.74. The second-order valence-electron chi connectivity index (χ2n) is 4.55. The van der Waals surface area contributed by atoms with Gasteiger partial charge in [0.05, 0.1) is 6.10 Å². The van der Waals surface area contributed by atoms with Gasteiger partial charge in [0.25, 0.3) is 0 Å². The van der Waals surface area contributed by atoms with Crippen LogP contribution in [0.5, 0.6) is 0 Å². The van der Waals surface area contributed by atoms with E-state index in [0.717, 1.165) is 12.8 Å². The van der Waals surface area contributed by atoms with Crippen LogP contribution in [0.15, 0.2) is 18.2 Å². The maximum atomic E-state index is 13.4. The molecule has 1 nitrogen and oxygen atoms in total. The van der Waals surface area contributed by atoms with Crippen molar-refractivity contribution in [3.63, 3.8) is 0 Å². The highest BCUT2D eigenvalue weighted by Crippen LogP contribution is 2.29. The lowest BCUT2D eigenvalue weighted by molar-refractivity contribution is 0.110. The van der Waals surface area contributed by atoms with Crippen LogP contribution in [-0.2, 0) is 6.42 Å². The van der Waals surface area contributed by atoms with Crippen LogP contribution in [0.25, 0.3) is 0 Å². The summed E-state index contributed by atoms with van der Waals surface area (Å²) in [4.78, 5) is 0. The highest BCUT2D eigenvalue weighted by molar-refractivity contribution is 6.30. The molecule has 1 saturated carbocycles. The van der Waals surface area contributed by atoms with Crippen LogP contribution in [0.4, 0.5) is 4.39 Å². The number of rotatable bonds is 3. The monoisotopic (exact) mass is 242 g/mol. The molecule has 1 aliphatic carbocycles. The van der Waals surface area contributed by atoms with E-state index in [4.69, 9.17) is 11.6 Å². The third-order valence-electron chi connectivity index (χ3n) is 3.38. The predicted octanol–water partition coefficient (Wildman–Crippen LogP) is 3.57. The minimum Gasteiger partial charge on any atom is -0.392 e. The summed E-state index contributed by atoms with van der Waals surface area (Å²) < 4.78 is 13.4. The Morgan fingerprint density at radius 3 is 2.75 bits per heavy atom. The summed E-state index contributed by atoms with van der Waals surface area (Å²) in [6, 6.07) is 4.50. The van der Waals surface area contributed by atoms with Crippen LogP contribution >= 0.6 is 11.6 Å². The van der Waals surface area contributed by atoms with E-state index in [2.05, 4.69) is 0 Å². The smallest absolute Gasteiger partial charge is 0.126 e. The van der Waals surface area contributed by atoms with Crippen LogP contribution in [0.3, 0.4) is 0 Å². The Morgan fingerprint density at radius 2 is 2.06 bits per heavy atom. The average Bonchev–Trinajstić information content (AvgIpc) is 2.76. The number of halogens is 2. The summed E-state index contributed by atoms with van der Waals surface area (Å²) in [5.74, 6) is 0.0554. The van der Waals surface area contributed by atoms with Gasteiger partial charge in [-0.25, -0.2) is 4.39 Å². The van der Waals surface area contributed by atoms with E-state index in [0.29, 0.717) is 22.9 Å². The van der Waals surface area contributed by atoms with Crippen LogP contribution in [0.1, 0.15) is 31.2 Å². The summed E-state index contributed by atoms with van der Waals surface area (Å²) >= 11 is 5.81. The molecule has 0 amide bonds. The standard InChI is InChI=1S/C13H16ClFO/c14-11-5-6-12(15)10(7-11)8-13(16)9-3-1-2-4-9/h5-7,9,13,16H,1-4,8H2. The molecule has 0 aromatic heterocycles. The van der Waals surface area contributed by atoms with E-state index < -0.39 is 6.10 Å². The fraction of sp³-hybridized carbons (Fsp3) is 0.538. The normalized spacial score (nSPS) is 18.9. The van der Waals surface area contributed by atoms with E-state index >= 15 is 0 Å². The molecule has 1 aromatic carbocycles. The summed E-state index contributed by atoms with van der Waals surface area (Å²) in [5, 5.41) is 10.5. The van der Waals surface area contributed by atoms with Gasteiger partial charge in [-0.2, -0.15) is 0 Å².